The molecule has 15 rings (SSSR count). The fourth-order valence-electron chi connectivity index (χ4n) is 22.7. The summed E-state index contributed by atoms with van der Waals surface area (Å²) in [7, 11) is 6.41. The van der Waals surface area contributed by atoms with Crippen LogP contribution in [0.25, 0.3) is 33.1 Å². The number of ether oxygens (including phenoxy) is 10. The Labute approximate surface area is 868 Å². The molecule has 10 heterocycles. The van der Waals surface area contributed by atoms with Crippen molar-refractivity contribution in [2.24, 2.45) is 63.6 Å². The predicted molar refractivity (Wildman–Crippen MR) is 512 cm³/mol. The number of alkyl halides is 3. The van der Waals surface area contributed by atoms with Crippen LogP contribution in [0.2, 0.25) is 0 Å². The number of nitrogens with zero attached hydrogens (tertiary/aromatic N) is 10. The largest absolute Gasteiger partial charge is 0.540 e. The van der Waals surface area contributed by atoms with Gasteiger partial charge in [-0.1, -0.05) is 153 Å². The maximum atomic E-state index is 14.8. The van der Waals surface area contributed by atoms with E-state index in [1.807, 2.05) is 110 Å². The quantitative estimate of drug-likeness (QED) is 0.0698. The molecule has 6 bridgehead atoms. The first kappa shape index (κ1) is 115. The van der Waals surface area contributed by atoms with Gasteiger partial charge < -0.3 is 81.4 Å². The second kappa shape index (κ2) is 49.7. The van der Waals surface area contributed by atoms with Gasteiger partial charge in [0.25, 0.3) is 0 Å². The molecular weight excluding hydrogens is 1940 g/mol. The average molecular weight is 2090 g/mol. The molecule has 18 atom stereocenters. The third kappa shape index (κ3) is 26.3. The molecule has 3 aromatic carbocycles. The van der Waals surface area contributed by atoms with Crippen LogP contribution in [0.4, 0.5) is 13.2 Å². The van der Waals surface area contributed by atoms with E-state index in [2.05, 4.69) is 12.6 Å². The van der Waals surface area contributed by atoms with Crippen molar-refractivity contribution in [3.8, 4) is 34.9 Å². The molecule has 2 aliphatic carbocycles. The molecule has 775 valence electrons. The van der Waals surface area contributed by atoms with Crippen molar-refractivity contribution >= 4 is 93.5 Å². The fraction of sp³-hybridized carbons (Fsp3) is 0.679. The van der Waals surface area contributed by atoms with Gasteiger partial charge in [-0.25, -0.2) is 48.8 Å². The summed E-state index contributed by atoms with van der Waals surface area (Å²) in [6, 6.07) is 13.6. The maximum Gasteiger partial charge on any atom is 0.428 e. The number of rotatable bonds is 10. The van der Waals surface area contributed by atoms with Crippen LogP contribution in [0, 0.1) is 63.6 Å². The zero-order chi connectivity index (χ0) is 100. The Bertz CT molecular complexity index is 5390. The Morgan fingerprint density at radius 3 is 1.23 bits per heavy atom. The summed E-state index contributed by atoms with van der Waals surface area (Å²) in [6.45, 7) is 25.5. The number of hydrogen-bond donors (Lipinski definition) is 0. The number of likely N-dealkylation sites (tertiary alicyclic amines) is 1. The minimum Gasteiger partial charge on any atom is -0.540 e. The van der Waals surface area contributed by atoms with Crippen molar-refractivity contribution in [1.29, 1.82) is 0 Å². The van der Waals surface area contributed by atoms with E-state index < -0.39 is 136 Å². The normalized spacial score (nSPS) is 28.6. The van der Waals surface area contributed by atoms with Crippen LogP contribution in [0.15, 0.2) is 54.6 Å². The topological polar surface area (TPSA) is 353 Å². The van der Waals surface area contributed by atoms with Crippen molar-refractivity contribution < 1.29 is 164 Å². The Hall–Kier alpha value is -8.72. The first-order valence-electron chi connectivity index (χ1n) is 50.2. The minimum absolute atomic E-state index is 0. The van der Waals surface area contributed by atoms with Crippen molar-refractivity contribution in [3.63, 3.8) is 0 Å². The van der Waals surface area contributed by atoms with Crippen molar-refractivity contribution in [2.75, 3.05) is 61.2 Å². The molecule has 6 fully saturated rings. The van der Waals surface area contributed by atoms with Crippen LogP contribution in [0.1, 0.15) is 268 Å². The number of aromatic nitrogens is 6. The molecule has 4 amide bonds. The monoisotopic (exact) mass is 2080 g/mol. The van der Waals surface area contributed by atoms with Gasteiger partial charge in [0.05, 0.1) is 124 Å². The molecular formula is C106H142F3N10O20V3-3. The number of aryl methyl sites for hydroxylation is 3. The number of hydrogen-bond acceptors (Lipinski definition) is 26. The third-order valence-corrected chi connectivity index (χ3v) is 30.7. The minimum atomic E-state index is -4.75. The summed E-state index contributed by atoms with van der Waals surface area (Å²) in [4.78, 5) is 169. The second-order valence-electron chi connectivity index (χ2n) is 42.8. The summed E-state index contributed by atoms with van der Waals surface area (Å²) in [5, 5.41) is 0. The number of amides is 4. The first-order chi connectivity index (χ1) is 66.1. The molecule has 0 spiro atoms. The molecule has 4 saturated heterocycles. The van der Waals surface area contributed by atoms with E-state index in [-0.39, 0.29) is 148 Å². The number of halogens is 3. The number of piperidine rings is 1. The molecule has 0 N–H and O–H groups in total. The van der Waals surface area contributed by atoms with Crippen LogP contribution in [0.3, 0.4) is 0 Å². The van der Waals surface area contributed by atoms with E-state index in [0.29, 0.717) is 153 Å². The number of methoxy groups -OCH3 is 4. The van der Waals surface area contributed by atoms with Crippen molar-refractivity contribution in [3.05, 3.63) is 71.7 Å². The van der Waals surface area contributed by atoms with Crippen LogP contribution >= 0.6 is 0 Å². The number of esters is 3. The van der Waals surface area contributed by atoms with Crippen LogP contribution in [-0.4, -0.2) is 237 Å². The van der Waals surface area contributed by atoms with Gasteiger partial charge >= 0.3 is 24.1 Å². The number of carbonyl (C=O) groups excluding carboxylic acids is 10. The van der Waals surface area contributed by atoms with E-state index in [0.717, 1.165) is 87.4 Å². The van der Waals surface area contributed by atoms with Crippen molar-refractivity contribution in [1.82, 2.24) is 49.5 Å². The number of carbonyl (C=O) groups is 7. The summed E-state index contributed by atoms with van der Waals surface area (Å²) >= 11 is 0. The zero-order valence-electron chi connectivity index (χ0n) is 85.4. The molecule has 0 unspecified atom stereocenters. The fourth-order valence-corrected chi connectivity index (χ4v) is 22.7. The summed E-state index contributed by atoms with van der Waals surface area (Å²) in [6.07, 6.45) is 14.9. The second-order valence-corrected chi connectivity index (χ2v) is 42.8. The summed E-state index contributed by atoms with van der Waals surface area (Å²) in [5.74, 6) is -4.30. The van der Waals surface area contributed by atoms with Crippen LogP contribution in [0.5, 0.6) is 34.9 Å². The van der Waals surface area contributed by atoms with E-state index in [1.54, 1.807) is 79.2 Å². The van der Waals surface area contributed by atoms with E-state index in [4.69, 9.17) is 77.3 Å². The van der Waals surface area contributed by atoms with Crippen LogP contribution in [-0.2, 0) is 142 Å². The standard InChI is InChI=1S/C36H50N3O7.C35H45F3N3O6.C35H47N4O7.3V/c1-7-25-30(21-40)39-20-31(25)45-33-28(37-27-16-15-24(44-6)18-29(27)38-33)14-10-8-9-12-23-13-11-17-36(23,22-43-5)46-32(41)19-26(34(39)42)35(2,3)4;1-6-23-28(20-42)41-19-29(23)46-31-26(39-25-15-14-22(45-5)17-27(25)40-31)13-9-7-8-11-21-12-10-16-34(21,35(36,37)38)47-30(43)18-24(32(41)44)33(2,3)4;1-21-29(20-40)39-19-31(21)46-33-26(36-25-15-14-23(44-6)17-27(25)37-33)11-8-7-9-12-28-30(13-10-16-38(28)22(2)41)45-32(42)18-24(34(39)43)35(3,4)5;;;/h15-16,18,23,25-26,30-31H,7-14,17,19-20,22H2,1-6H3;14-15,17,21,23-24,28-29H,6-13,16,18-19H2,1-5H3;14-15,17,21,24,28-31H,7-13,16,18-19H2,1-6H3;;;/q3*-1;;;/t23-,25+,26-,30-,31+,36+;21-,23+,24-,28-,29+,34-;21-,24+,28-,29+,30+,31-;;;/m110.../s1. The molecule has 2 saturated carbocycles. The van der Waals surface area contributed by atoms with Gasteiger partial charge in [0.2, 0.25) is 46.9 Å². The first-order valence-corrected chi connectivity index (χ1v) is 50.2. The van der Waals surface area contributed by atoms with E-state index in [1.165, 1.54) is 9.80 Å². The van der Waals surface area contributed by atoms with Gasteiger partial charge in [-0.2, -0.15) is 13.2 Å². The molecule has 30 nitrogen and oxygen atoms in total. The molecule has 3 aromatic heterocycles. The van der Waals surface area contributed by atoms with Gasteiger partial charge in [0.1, 0.15) is 64.3 Å². The SMILES string of the molecule is CC[C@@H]1[C@@H]2CN(C(=O)[C@H](C(C)(C)C)CC(=O)O[C@]3(C(F)(F)F)CCC[C@H]3CCCCCc3nc4ccc(OC)cc4nc3O2)[C@@H]1[C-]=O.CC[C@@H]1[C@@H]2CN(C(=O)[C@H](C(C)(C)C)CC(=O)O[C@]3(COC)CCC[C@H]3CCCCCc3nc4ccc(OC)cc4nc3O2)[C@@H]1[C-]=O.COc1ccc2nc3c(nc2c1)O[C@H]1CN(C(=O)[C@H](C(C)(C)C)CC(=O)O[C@@H]2CCCN(C(C)=O)[C@H]2CCCCC3)[C@H]([C-]=O)[C@@H]1C.[V].[V].[V]. The molecule has 3 radical (unpaired) electrons. The molecule has 7 aliphatic heterocycles. The third-order valence-electron chi connectivity index (χ3n) is 30.7. The Morgan fingerprint density at radius 2 is 0.824 bits per heavy atom. The molecule has 142 heavy (non-hydrogen) atoms. The Balaban J connectivity index is 0.000000217. The van der Waals surface area contributed by atoms with Gasteiger partial charge in [-0.05, 0) is 180 Å². The maximum absolute atomic E-state index is 14.8. The van der Waals surface area contributed by atoms with Crippen molar-refractivity contribution in [2.45, 2.75) is 336 Å². The van der Waals surface area contributed by atoms with Gasteiger partial charge in [-0.15, -0.1) is 0 Å². The molecule has 6 aromatic rings. The van der Waals surface area contributed by atoms with Gasteiger partial charge in [0.15, 0.2) is 0 Å². The smallest absolute Gasteiger partial charge is 0.428 e. The Morgan fingerprint density at radius 1 is 0.444 bits per heavy atom. The summed E-state index contributed by atoms with van der Waals surface area (Å²) in [5.41, 5.74) is 0.745. The van der Waals surface area contributed by atoms with E-state index >= 15 is 0 Å². The summed E-state index contributed by atoms with van der Waals surface area (Å²) < 4.78 is 104. The van der Waals surface area contributed by atoms with Gasteiger partial charge in [-0.3, -0.25) is 33.6 Å². The average Bonchev–Trinajstić information content (AvgIpc) is 1.59. The number of fused-ring (bicyclic) bond motifs is 15. The van der Waals surface area contributed by atoms with Gasteiger partial charge in [0, 0.05) is 106 Å². The zero-order valence-corrected chi connectivity index (χ0v) is 89.6. The molecule has 9 aliphatic rings. The molecule has 36 heteroatoms. The van der Waals surface area contributed by atoms with E-state index in [9.17, 15) is 61.1 Å². The predicted octanol–water partition coefficient (Wildman–Crippen LogP) is 16.6. The van der Waals surface area contributed by atoms with Crippen LogP contribution < -0.4 is 28.4 Å². The number of benzene rings is 3. The Kier molecular flexibility index (Phi) is 40.3.